The van der Waals surface area contributed by atoms with E-state index in [-0.39, 0.29) is 5.91 Å². The molecule has 0 atom stereocenters. The third-order valence-corrected chi connectivity index (χ3v) is 1.93. The molecule has 1 N–H and O–H groups in total. The summed E-state index contributed by atoms with van der Waals surface area (Å²) in [6.45, 7) is 12.3. The van der Waals surface area contributed by atoms with Crippen LogP contribution >= 0.6 is 0 Å². The van der Waals surface area contributed by atoms with Crippen LogP contribution in [0.4, 0.5) is 0 Å². The average Bonchev–Trinajstić information content (AvgIpc) is 2.47. The predicted octanol–water partition coefficient (Wildman–Crippen LogP) is 4.36. The molecule has 0 aliphatic rings. The third kappa shape index (κ3) is 14.4. The van der Waals surface area contributed by atoms with Gasteiger partial charge in [0.05, 0.1) is 0 Å². The molecule has 0 saturated heterocycles. The van der Waals surface area contributed by atoms with E-state index in [0.29, 0.717) is 13.0 Å². The van der Waals surface area contributed by atoms with Crippen molar-refractivity contribution >= 4 is 5.91 Å². The second-order valence-corrected chi connectivity index (χ2v) is 3.79. The topological polar surface area (TPSA) is 29.1 Å². The Labute approximate surface area is 118 Å². The molecule has 1 amide bonds. The summed E-state index contributed by atoms with van der Waals surface area (Å²) in [5.41, 5.74) is 1.20. The lowest BCUT2D eigenvalue weighted by Gasteiger charge is -2.02. The second kappa shape index (κ2) is 16.4. The van der Waals surface area contributed by atoms with Gasteiger partial charge in [-0.1, -0.05) is 70.5 Å². The minimum absolute atomic E-state index is 0.0775. The van der Waals surface area contributed by atoms with Crippen molar-refractivity contribution in [1.82, 2.24) is 5.32 Å². The summed E-state index contributed by atoms with van der Waals surface area (Å²) in [5.74, 6) is 0.0775. The quantitative estimate of drug-likeness (QED) is 0.786. The largest absolute Gasteiger partial charge is 0.353 e. The highest BCUT2D eigenvalue weighted by molar-refractivity contribution is 5.76. The molecular formula is C17H29NO. The van der Waals surface area contributed by atoms with Gasteiger partial charge >= 0.3 is 0 Å². The molecule has 0 aromatic heterocycles. The molecule has 0 unspecified atom stereocenters. The molecule has 1 aromatic carbocycles. The summed E-state index contributed by atoms with van der Waals surface area (Å²) < 4.78 is 0. The highest BCUT2D eigenvalue weighted by Crippen LogP contribution is 2.01. The van der Waals surface area contributed by atoms with Gasteiger partial charge in [-0.2, -0.15) is 0 Å². The molecule has 2 nitrogen and oxygen atoms in total. The Morgan fingerprint density at radius 2 is 1.74 bits per heavy atom. The fourth-order valence-corrected chi connectivity index (χ4v) is 1.18. The number of benzene rings is 1. The van der Waals surface area contributed by atoms with Crippen LogP contribution in [-0.2, 0) is 11.2 Å². The summed E-state index contributed by atoms with van der Waals surface area (Å²) in [6, 6.07) is 10.00. The number of carbonyl (C=O) groups is 1. The Kier molecular flexibility index (Phi) is 17.1. The molecule has 19 heavy (non-hydrogen) atoms. The fraction of sp³-hybridized carbons (Fsp3) is 0.471. The predicted molar refractivity (Wildman–Crippen MR) is 85.3 cm³/mol. The molecule has 1 rings (SSSR count). The fourth-order valence-electron chi connectivity index (χ4n) is 1.18. The van der Waals surface area contributed by atoms with E-state index in [1.807, 2.05) is 44.2 Å². The van der Waals surface area contributed by atoms with Crippen LogP contribution in [0, 0.1) is 0 Å². The van der Waals surface area contributed by atoms with Crippen LogP contribution in [0.25, 0.3) is 0 Å². The summed E-state index contributed by atoms with van der Waals surface area (Å²) in [4.78, 5) is 11.2. The molecule has 0 bridgehead atoms. The molecule has 1 aromatic rings. The first-order valence-corrected chi connectivity index (χ1v) is 7.16. The van der Waals surface area contributed by atoms with Gasteiger partial charge in [-0.05, 0) is 12.0 Å². The van der Waals surface area contributed by atoms with E-state index >= 15 is 0 Å². The molecule has 0 radical (unpaired) electrons. The maximum absolute atomic E-state index is 11.2. The zero-order chi connectivity index (χ0) is 14.9. The van der Waals surface area contributed by atoms with Crippen molar-refractivity contribution in [2.45, 2.75) is 47.0 Å². The average molecular weight is 263 g/mol. The van der Waals surface area contributed by atoms with Crippen molar-refractivity contribution in [2.75, 3.05) is 6.54 Å². The Morgan fingerprint density at radius 1 is 1.21 bits per heavy atom. The SMILES string of the molecule is C=CCNC(=O)CCc1ccccc1.CC.CCC. The lowest BCUT2D eigenvalue weighted by atomic mass is 10.1. The lowest BCUT2D eigenvalue weighted by Crippen LogP contribution is -2.23. The van der Waals surface area contributed by atoms with Crippen LogP contribution < -0.4 is 5.32 Å². The van der Waals surface area contributed by atoms with Crippen LogP contribution in [0.1, 0.15) is 46.1 Å². The number of carbonyl (C=O) groups excluding carboxylic acids is 1. The Morgan fingerprint density at radius 3 is 2.21 bits per heavy atom. The minimum Gasteiger partial charge on any atom is -0.353 e. The maximum Gasteiger partial charge on any atom is 0.220 e. The Bertz CT molecular complexity index is 306. The van der Waals surface area contributed by atoms with Crippen molar-refractivity contribution in [3.63, 3.8) is 0 Å². The van der Waals surface area contributed by atoms with Crippen LogP contribution in [-0.4, -0.2) is 12.5 Å². The van der Waals surface area contributed by atoms with E-state index in [1.54, 1.807) is 6.08 Å². The van der Waals surface area contributed by atoms with Crippen molar-refractivity contribution < 1.29 is 4.79 Å². The monoisotopic (exact) mass is 263 g/mol. The van der Waals surface area contributed by atoms with Gasteiger partial charge in [0.15, 0.2) is 0 Å². The smallest absolute Gasteiger partial charge is 0.220 e. The van der Waals surface area contributed by atoms with Gasteiger partial charge in [0.25, 0.3) is 0 Å². The molecule has 0 fully saturated rings. The molecule has 108 valence electrons. The molecule has 0 aliphatic heterocycles. The summed E-state index contributed by atoms with van der Waals surface area (Å²) in [7, 11) is 0. The van der Waals surface area contributed by atoms with E-state index in [9.17, 15) is 4.79 Å². The number of aryl methyl sites for hydroxylation is 1. The molecule has 0 heterocycles. The number of hydrogen-bond donors (Lipinski definition) is 1. The zero-order valence-corrected chi connectivity index (χ0v) is 12.9. The van der Waals surface area contributed by atoms with Crippen molar-refractivity contribution in [3.05, 3.63) is 48.6 Å². The maximum atomic E-state index is 11.2. The highest BCUT2D eigenvalue weighted by atomic mass is 16.1. The molecule has 0 saturated carbocycles. The van der Waals surface area contributed by atoms with Crippen molar-refractivity contribution in [1.29, 1.82) is 0 Å². The summed E-state index contributed by atoms with van der Waals surface area (Å²) >= 11 is 0. The molecule has 0 spiro atoms. The van der Waals surface area contributed by atoms with Crippen LogP contribution in [0.15, 0.2) is 43.0 Å². The normalized spacial score (nSPS) is 8.21. The van der Waals surface area contributed by atoms with Gasteiger partial charge in [-0.15, -0.1) is 6.58 Å². The molecular weight excluding hydrogens is 234 g/mol. The first-order valence-electron chi connectivity index (χ1n) is 7.16. The van der Waals surface area contributed by atoms with Gasteiger partial charge in [0.2, 0.25) is 5.91 Å². The van der Waals surface area contributed by atoms with Gasteiger partial charge < -0.3 is 5.32 Å². The van der Waals surface area contributed by atoms with Crippen molar-refractivity contribution in [3.8, 4) is 0 Å². The van der Waals surface area contributed by atoms with Crippen LogP contribution in [0.2, 0.25) is 0 Å². The first-order chi connectivity index (χ1) is 9.24. The van der Waals surface area contributed by atoms with E-state index in [2.05, 4.69) is 25.7 Å². The van der Waals surface area contributed by atoms with Gasteiger partial charge in [-0.3, -0.25) is 4.79 Å². The second-order valence-electron chi connectivity index (χ2n) is 3.79. The standard InChI is InChI=1S/C12H15NO.C3H8.C2H6/c1-2-10-13-12(14)9-8-11-6-4-3-5-7-11;1-3-2;1-2/h2-7H,1,8-10H2,(H,13,14);3H2,1-2H3;1-2H3. The van der Waals surface area contributed by atoms with Gasteiger partial charge in [0, 0.05) is 13.0 Å². The van der Waals surface area contributed by atoms with E-state index in [1.165, 1.54) is 12.0 Å². The first kappa shape index (κ1) is 19.8. The summed E-state index contributed by atoms with van der Waals surface area (Å²) in [5, 5.41) is 2.75. The number of nitrogens with one attached hydrogen (secondary N) is 1. The highest BCUT2D eigenvalue weighted by Gasteiger charge is 1.99. The third-order valence-electron chi connectivity index (χ3n) is 1.93. The number of amides is 1. The Hall–Kier alpha value is -1.57. The lowest BCUT2D eigenvalue weighted by molar-refractivity contribution is -0.120. The zero-order valence-electron chi connectivity index (χ0n) is 12.9. The summed E-state index contributed by atoms with van der Waals surface area (Å²) in [6.07, 6.45) is 4.27. The van der Waals surface area contributed by atoms with E-state index in [0.717, 1.165) is 6.42 Å². The van der Waals surface area contributed by atoms with Crippen LogP contribution in [0.3, 0.4) is 0 Å². The van der Waals surface area contributed by atoms with Crippen LogP contribution in [0.5, 0.6) is 0 Å². The number of hydrogen-bond acceptors (Lipinski definition) is 1. The number of rotatable bonds is 5. The van der Waals surface area contributed by atoms with E-state index < -0.39 is 0 Å². The molecule has 0 aliphatic carbocycles. The molecule has 2 heteroatoms. The minimum atomic E-state index is 0.0775. The van der Waals surface area contributed by atoms with Crippen molar-refractivity contribution in [2.24, 2.45) is 0 Å². The van der Waals surface area contributed by atoms with Gasteiger partial charge in [-0.25, -0.2) is 0 Å². The van der Waals surface area contributed by atoms with E-state index in [4.69, 9.17) is 0 Å². The van der Waals surface area contributed by atoms with Gasteiger partial charge in [0.1, 0.15) is 0 Å². The Balaban J connectivity index is 0.